The van der Waals surface area contributed by atoms with Crippen molar-refractivity contribution in [1.29, 1.82) is 0 Å². The van der Waals surface area contributed by atoms with Gasteiger partial charge in [0.1, 0.15) is 5.78 Å². The molecule has 0 spiro atoms. The molecule has 0 aromatic rings. The molecule has 0 unspecified atom stereocenters. The molecule has 19 heavy (non-hydrogen) atoms. The van der Waals surface area contributed by atoms with Gasteiger partial charge in [0, 0.05) is 19.1 Å². The van der Waals surface area contributed by atoms with Crippen LogP contribution in [0.2, 0.25) is 0 Å². The Morgan fingerprint density at radius 3 is 2.11 bits per heavy atom. The summed E-state index contributed by atoms with van der Waals surface area (Å²) in [5, 5.41) is 8.06. The Morgan fingerprint density at radius 1 is 1.21 bits per heavy atom. The van der Waals surface area contributed by atoms with Gasteiger partial charge in [-0.25, -0.2) is 0 Å². The second-order valence-electron chi connectivity index (χ2n) is 5.03. The Morgan fingerprint density at radius 2 is 1.68 bits per heavy atom. The van der Waals surface area contributed by atoms with Gasteiger partial charge >= 0.3 is 0 Å². The van der Waals surface area contributed by atoms with E-state index in [0.717, 1.165) is 13.0 Å². The molecule has 3 nitrogen and oxygen atoms in total. The Bertz CT molecular complexity index is 182. The van der Waals surface area contributed by atoms with Crippen molar-refractivity contribution in [2.24, 2.45) is 0 Å². The third-order valence-electron chi connectivity index (χ3n) is 2.58. The molecule has 1 rings (SSSR count). The predicted molar refractivity (Wildman–Crippen MR) is 81.4 cm³/mol. The number of carbonyl (C=O) groups is 1. The summed E-state index contributed by atoms with van der Waals surface area (Å²) in [5.41, 5.74) is 0. The van der Waals surface area contributed by atoms with E-state index in [4.69, 9.17) is 9.84 Å². The van der Waals surface area contributed by atoms with Crippen LogP contribution in [0, 0.1) is 0 Å². The Kier molecular flexibility index (Phi) is 17.2. The lowest BCUT2D eigenvalue weighted by Crippen LogP contribution is -2.17. The molecule has 0 atom stereocenters. The van der Waals surface area contributed by atoms with Crippen LogP contribution < -0.4 is 0 Å². The van der Waals surface area contributed by atoms with Crippen molar-refractivity contribution < 1.29 is 14.6 Å². The van der Waals surface area contributed by atoms with E-state index in [-0.39, 0.29) is 11.9 Å². The van der Waals surface area contributed by atoms with Gasteiger partial charge in [0.05, 0.1) is 6.10 Å². The van der Waals surface area contributed by atoms with E-state index in [1.807, 2.05) is 13.8 Å². The van der Waals surface area contributed by atoms with Crippen molar-refractivity contribution in [2.45, 2.75) is 91.8 Å². The molecule has 0 saturated heterocycles. The largest absolute Gasteiger partial charge is 0.394 e. The van der Waals surface area contributed by atoms with Crippen molar-refractivity contribution in [3.8, 4) is 0 Å². The molecule has 1 saturated carbocycles. The molecule has 0 radical (unpaired) electrons. The Balaban J connectivity index is 0. The second kappa shape index (κ2) is 15.6. The first-order valence-electron chi connectivity index (χ1n) is 7.81. The molecule has 1 aliphatic rings. The minimum Gasteiger partial charge on any atom is -0.394 e. The van der Waals surface area contributed by atoms with Crippen molar-refractivity contribution >= 4 is 5.78 Å². The fourth-order valence-electron chi connectivity index (χ4n) is 1.80. The highest BCUT2D eigenvalue weighted by molar-refractivity contribution is 5.75. The summed E-state index contributed by atoms with van der Waals surface area (Å²) < 4.78 is 5.68. The van der Waals surface area contributed by atoms with Gasteiger partial charge in [-0.15, -0.1) is 0 Å². The van der Waals surface area contributed by atoms with Gasteiger partial charge in [0.2, 0.25) is 0 Å². The van der Waals surface area contributed by atoms with Crippen LogP contribution >= 0.6 is 0 Å². The van der Waals surface area contributed by atoms with Crippen molar-refractivity contribution in [3.05, 3.63) is 0 Å². The number of Topliss-reactive ketones (excluding diaryl/α,β-unsaturated/α-hetero) is 1. The molecule has 116 valence electrons. The summed E-state index contributed by atoms with van der Waals surface area (Å²) in [6, 6.07) is 0. The van der Waals surface area contributed by atoms with E-state index in [1.54, 1.807) is 20.8 Å². The lowest BCUT2D eigenvalue weighted by Gasteiger charge is -2.21. The Labute approximate surface area is 119 Å². The van der Waals surface area contributed by atoms with E-state index < -0.39 is 0 Å². The number of ketones is 1. The molecule has 1 aliphatic carbocycles. The van der Waals surface area contributed by atoms with Crippen LogP contribution in [0.3, 0.4) is 0 Å². The van der Waals surface area contributed by atoms with Gasteiger partial charge in [0.25, 0.3) is 0 Å². The minimum absolute atomic E-state index is 0.167. The third-order valence-corrected chi connectivity index (χ3v) is 2.58. The van der Waals surface area contributed by atoms with Crippen molar-refractivity contribution in [2.75, 3.05) is 6.61 Å². The first-order valence-corrected chi connectivity index (χ1v) is 7.81. The van der Waals surface area contributed by atoms with Gasteiger partial charge in [0.15, 0.2) is 0 Å². The van der Waals surface area contributed by atoms with Crippen LogP contribution in [0.15, 0.2) is 0 Å². The van der Waals surface area contributed by atoms with E-state index in [2.05, 4.69) is 0 Å². The van der Waals surface area contributed by atoms with Gasteiger partial charge in [-0.3, -0.25) is 0 Å². The lowest BCUT2D eigenvalue weighted by molar-refractivity contribution is -0.117. The normalized spacial score (nSPS) is 15.1. The fourth-order valence-corrected chi connectivity index (χ4v) is 1.80. The monoisotopic (exact) mass is 274 g/mol. The summed E-state index contributed by atoms with van der Waals surface area (Å²) >= 11 is 0. The number of carbonyl (C=O) groups excluding carboxylic acids is 1. The SMILES string of the molecule is CC.CC(=O)CCCOC1CCCCC1.CC(C)O. The molecule has 0 bridgehead atoms. The topological polar surface area (TPSA) is 46.5 Å². The van der Waals surface area contributed by atoms with Crippen molar-refractivity contribution in [1.82, 2.24) is 0 Å². The summed E-state index contributed by atoms with van der Waals surface area (Å²) in [5.74, 6) is 0.271. The average Bonchev–Trinajstić information content (AvgIpc) is 2.37. The molecule has 1 fully saturated rings. The van der Waals surface area contributed by atoms with Crippen LogP contribution in [-0.4, -0.2) is 29.7 Å². The van der Waals surface area contributed by atoms with Crippen LogP contribution in [0.5, 0.6) is 0 Å². The molecular formula is C16H34O3. The lowest BCUT2D eigenvalue weighted by atomic mass is 9.98. The van der Waals surface area contributed by atoms with E-state index in [0.29, 0.717) is 12.5 Å². The molecule has 0 aromatic heterocycles. The smallest absolute Gasteiger partial charge is 0.129 e. The van der Waals surface area contributed by atoms with Gasteiger partial charge in [-0.05, 0) is 40.0 Å². The fraction of sp³-hybridized carbons (Fsp3) is 0.938. The first-order chi connectivity index (χ1) is 9.02. The summed E-state index contributed by atoms with van der Waals surface area (Å²) in [4.78, 5) is 10.6. The van der Waals surface area contributed by atoms with Crippen LogP contribution in [0.1, 0.15) is 79.6 Å². The minimum atomic E-state index is -0.167. The van der Waals surface area contributed by atoms with Gasteiger partial charge < -0.3 is 14.6 Å². The van der Waals surface area contributed by atoms with E-state index in [1.165, 1.54) is 32.1 Å². The summed E-state index contributed by atoms with van der Waals surface area (Å²) in [6.07, 6.45) is 8.33. The van der Waals surface area contributed by atoms with Crippen LogP contribution in [0.25, 0.3) is 0 Å². The van der Waals surface area contributed by atoms with Crippen LogP contribution in [-0.2, 0) is 9.53 Å². The van der Waals surface area contributed by atoms with E-state index in [9.17, 15) is 4.79 Å². The number of ether oxygens (including phenoxy) is 1. The molecule has 3 heteroatoms. The first kappa shape index (κ1) is 20.9. The highest BCUT2D eigenvalue weighted by atomic mass is 16.5. The molecule has 0 amide bonds. The predicted octanol–water partition coefficient (Wildman–Crippen LogP) is 4.12. The molecule has 0 aliphatic heterocycles. The number of aliphatic hydroxyl groups is 1. The number of aliphatic hydroxyl groups excluding tert-OH is 1. The van der Waals surface area contributed by atoms with E-state index >= 15 is 0 Å². The van der Waals surface area contributed by atoms with Gasteiger partial charge in [-0.1, -0.05) is 33.1 Å². The quantitative estimate of drug-likeness (QED) is 0.767. The zero-order valence-corrected chi connectivity index (χ0v) is 13.6. The summed E-state index contributed by atoms with van der Waals surface area (Å²) in [7, 11) is 0. The molecule has 0 aromatic carbocycles. The van der Waals surface area contributed by atoms with Crippen molar-refractivity contribution in [3.63, 3.8) is 0 Å². The summed E-state index contributed by atoms with van der Waals surface area (Å²) in [6.45, 7) is 9.85. The molecule has 0 heterocycles. The number of hydrogen-bond donors (Lipinski definition) is 1. The number of hydrogen-bond acceptors (Lipinski definition) is 3. The maximum atomic E-state index is 10.6. The van der Waals surface area contributed by atoms with Crippen LogP contribution in [0.4, 0.5) is 0 Å². The average molecular weight is 274 g/mol. The molecule has 1 N–H and O–H groups in total. The highest BCUT2D eigenvalue weighted by Crippen LogP contribution is 2.20. The standard InChI is InChI=1S/C11H20O2.C3H8O.C2H6/c1-10(12)6-5-9-13-11-7-3-2-4-8-11;1-3(2)4;1-2/h11H,2-9H2,1H3;3-4H,1-2H3;1-2H3. The Hall–Kier alpha value is -0.410. The maximum Gasteiger partial charge on any atom is 0.129 e. The number of rotatable bonds is 5. The van der Waals surface area contributed by atoms with Gasteiger partial charge in [-0.2, -0.15) is 0 Å². The molecular weight excluding hydrogens is 240 g/mol. The zero-order chi connectivity index (χ0) is 15.1. The zero-order valence-electron chi connectivity index (χ0n) is 13.6. The third kappa shape index (κ3) is 20.1. The maximum absolute atomic E-state index is 10.6. The highest BCUT2D eigenvalue weighted by Gasteiger charge is 2.12. The second-order valence-corrected chi connectivity index (χ2v) is 5.03.